The summed E-state index contributed by atoms with van der Waals surface area (Å²) in [5.41, 5.74) is 18.6. The van der Waals surface area contributed by atoms with Crippen molar-refractivity contribution in [1.82, 2.24) is 4.90 Å². The molecule has 1 atom stereocenters. The molecule has 0 aliphatic rings. The van der Waals surface area contributed by atoms with Gasteiger partial charge in [-0.05, 0) is 25.8 Å². The first-order valence-corrected chi connectivity index (χ1v) is 6.76. The Morgan fingerprint density at radius 1 is 0.864 bits per heavy atom. The molecule has 0 spiro atoms. The number of hydrogen-bond donors (Lipinski definition) is 5. The molecule has 22 heavy (non-hydrogen) atoms. The number of carboxylic acids is 1. The molecule has 0 bridgehead atoms. The van der Waals surface area contributed by atoms with Crippen molar-refractivity contribution in [3.63, 3.8) is 0 Å². The monoisotopic (exact) mass is 317 g/mol. The van der Waals surface area contributed by atoms with Crippen LogP contribution < -0.4 is 22.9 Å². The lowest BCUT2D eigenvalue weighted by molar-refractivity contribution is -0.170. The molecule has 0 aromatic heterocycles. The standard InChI is InChI=1S/C12H23N5O5/c13-4-2-1-3-12(11(21)22,8(18)5-14)17(9(19)6-15)10(20)7-16/h1-7,13-16H2,(H,21,22)/t12-/m0/s1. The van der Waals surface area contributed by atoms with Crippen LogP contribution in [0.3, 0.4) is 0 Å². The molecule has 10 heteroatoms. The quantitative estimate of drug-likeness (QED) is 0.203. The fourth-order valence-electron chi connectivity index (χ4n) is 2.14. The first kappa shape index (κ1) is 20.1. The lowest BCUT2D eigenvalue weighted by atomic mass is 9.85. The van der Waals surface area contributed by atoms with Crippen LogP contribution in [0.2, 0.25) is 0 Å². The van der Waals surface area contributed by atoms with Gasteiger partial charge in [-0.25, -0.2) is 4.79 Å². The van der Waals surface area contributed by atoms with Gasteiger partial charge >= 0.3 is 5.97 Å². The van der Waals surface area contributed by atoms with E-state index in [-0.39, 0.29) is 19.4 Å². The average molecular weight is 317 g/mol. The van der Waals surface area contributed by atoms with Gasteiger partial charge in [0.1, 0.15) is 0 Å². The van der Waals surface area contributed by atoms with Crippen molar-refractivity contribution >= 4 is 23.6 Å². The Bertz CT molecular complexity index is 426. The molecular weight excluding hydrogens is 294 g/mol. The summed E-state index contributed by atoms with van der Waals surface area (Å²) in [4.78, 5) is 48.2. The van der Waals surface area contributed by atoms with Crippen molar-refractivity contribution in [2.75, 3.05) is 26.2 Å². The fraction of sp³-hybridized carbons (Fsp3) is 0.667. The molecule has 0 saturated heterocycles. The van der Waals surface area contributed by atoms with E-state index in [4.69, 9.17) is 22.9 Å². The number of aliphatic carboxylic acids is 1. The fourth-order valence-corrected chi connectivity index (χ4v) is 2.14. The summed E-state index contributed by atoms with van der Waals surface area (Å²) in [6.45, 7) is -1.67. The van der Waals surface area contributed by atoms with Crippen LogP contribution in [0, 0.1) is 0 Å². The third-order valence-corrected chi connectivity index (χ3v) is 3.22. The Morgan fingerprint density at radius 2 is 1.36 bits per heavy atom. The number of ketones is 1. The predicted octanol–water partition coefficient (Wildman–Crippen LogP) is -3.26. The third kappa shape index (κ3) is 4.07. The van der Waals surface area contributed by atoms with E-state index in [1.54, 1.807) is 0 Å². The van der Waals surface area contributed by atoms with Crippen molar-refractivity contribution in [1.29, 1.82) is 0 Å². The Labute approximate surface area is 127 Å². The van der Waals surface area contributed by atoms with Gasteiger partial charge in [-0.2, -0.15) is 0 Å². The first-order chi connectivity index (χ1) is 10.3. The van der Waals surface area contributed by atoms with Gasteiger partial charge in [0, 0.05) is 0 Å². The number of imide groups is 1. The molecule has 2 amide bonds. The summed E-state index contributed by atoms with van der Waals surface area (Å²) in [7, 11) is 0. The van der Waals surface area contributed by atoms with Crippen LogP contribution >= 0.6 is 0 Å². The second-order valence-corrected chi connectivity index (χ2v) is 4.57. The molecule has 0 aliphatic heterocycles. The number of carbonyl (C=O) groups excluding carboxylic acids is 3. The van der Waals surface area contributed by atoms with Gasteiger partial charge in [0.15, 0.2) is 5.78 Å². The minimum absolute atomic E-state index is 0.209. The molecule has 0 rings (SSSR count). The van der Waals surface area contributed by atoms with Crippen molar-refractivity contribution in [2.45, 2.75) is 24.8 Å². The SMILES string of the molecule is NCCCC[C@@](C(=O)O)(C(=O)CN)N(C(=O)CN)C(=O)CN. The van der Waals surface area contributed by atoms with Crippen molar-refractivity contribution in [2.24, 2.45) is 22.9 Å². The first-order valence-electron chi connectivity index (χ1n) is 6.76. The molecule has 0 aromatic carbocycles. The maximum Gasteiger partial charge on any atom is 0.338 e. The number of carboxylic acid groups (broad SMARTS) is 1. The van der Waals surface area contributed by atoms with E-state index in [1.807, 2.05) is 0 Å². The van der Waals surface area contributed by atoms with Gasteiger partial charge in [-0.1, -0.05) is 0 Å². The maximum absolute atomic E-state index is 12.2. The number of nitrogens with two attached hydrogens (primary N) is 4. The van der Waals surface area contributed by atoms with Crippen LogP contribution in [-0.4, -0.2) is 65.3 Å². The van der Waals surface area contributed by atoms with Gasteiger partial charge in [0.25, 0.3) is 0 Å². The van der Waals surface area contributed by atoms with E-state index in [1.165, 1.54) is 0 Å². The minimum atomic E-state index is -2.41. The molecule has 0 heterocycles. The van der Waals surface area contributed by atoms with Gasteiger partial charge < -0.3 is 28.0 Å². The summed E-state index contributed by atoms with van der Waals surface area (Å²) in [6, 6.07) is 0. The van der Waals surface area contributed by atoms with Gasteiger partial charge in [-0.15, -0.1) is 0 Å². The van der Waals surface area contributed by atoms with Crippen LogP contribution in [-0.2, 0) is 19.2 Å². The van der Waals surface area contributed by atoms with Crippen LogP contribution in [0.1, 0.15) is 19.3 Å². The zero-order valence-corrected chi connectivity index (χ0v) is 12.3. The highest BCUT2D eigenvalue weighted by Crippen LogP contribution is 2.25. The average Bonchev–Trinajstić information content (AvgIpc) is 2.51. The molecule has 0 fully saturated rings. The van der Waals surface area contributed by atoms with Crippen LogP contribution in [0.4, 0.5) is 0 Å². The highest BCUT2D eigenvalue weighted by atomic mass is 16.4. The van der Waals surface area contributed by atoms with Gasteiger partial charge in [0.05, 0.1) is 19.6 Å². The number of rotatable bonds is 10. The zero-order chi connectivity index (χ0) is 17.3. The Kier molecular flexibility index (Phi) is 8.42. The van der Waals surface area contributed by atoms with Crippen molar-refractivity contribution in [3.05, 3.63) is 0 Å². The third-order valence-electron chi connectivity index (χ3n) is 3.22. The summed E-state index contributed by atoms with van der Waals surface area (Å²) in [5.74, 6) is -4.64. The smallest absolute Gasteiger partial charge is 0.338 e. The van der Waals surface area contributed by atoms with Crippen LogP contribution in [0.25, 0.3) is 0 Å². The summed E-state index contributed by atoms with van der Waals surface area (Å²) in [6.07, 6.45) is 0.322. The van der Waals surface area contributed by atoms with E-state index >= 15 is 0 Å². The topological polar surface area (TPSA) is 196 Å². The Morgan fingerprint density at radius 3 is 1.68 bits per heavy atom. The molecule has 0 unspecified atom stereocenters. The van der Waals surface area contributed by atoms with Crippen molar-refractivity contribution < 1.29 is 24.3 Å². The normalized spacial score (nSPS) is 13.3. The van der Waals surface area contributed by atoms with E-state index in [0.717, 1.165) is 0 Å². The van der Waals surface area contributed by atoms with Crippen molar-refractivity contribution in [3.8, 4) is 0 Å². The second-order valence-electron chi connectivity index (χ2n) is 4.57. The molecule has 0 aromatic rings. The van der Waals surface area contributed by atoms with Crippen LogP contribution in [0.15, 0.2) is 0 Å². The van der Waals surface area contributed by atoms with E-state index in [0.29, 0.717) is 11.3 Å². The highest BCUT2D eigenvalue weighted by Gasteiger charge is 2.53. The lowest BCUT2D eigenvalue weighted by Crippen LogP contribution is -2.67. The van der Waals surface area contributed by atoms with Gasteiger partial charge in [-0.3, -0.25) is 19.3 Å². The molecule has 0 aliphatic carbocycles. The van der Waals surface area contributed by atoms with E-state index in [9.17, 15) is 24.3 Å². The summed E-state index contributed by atoms with van der Waals surface area (Å²) < 4.78 is 0. The summed E-state index contributed by atoms with van der Waals surface area (Å²) in [5, 5.41) is 9.55. The van der Waals surface area contributed by atoms with Crippen LogP contribution in [0.5, 0.6) is 0 Å². The largest absolute Gasteiger partial charge is 0.479 e. The Balaban J connectivity index is 6.03. The lowest BCUT2D eigenvalue weighted by Gasteiger charge is -2.37. The molecule has 0 radical (unpaired) electrons. The molecule has 10 nitrogen and oxygen atoms in total. The number of unbranched alkanes of at least 4 members (excludes halogenated alkanes) is 1. The predicted molar refractivity (Wildman–Crippen MR) is 77.3 cm³/mol. The molecule has 9 N–H and O–H groups in total. The van der Waals surface area contributed by atoms with E-state index < -0.39 is 48.7 Å². The molecular formula is C12H23N5O5. The number of amides is 2. The second kappa shape index (κ2) is 9.20. The molecule has 0 saturated carbocycles. The zero-order valence-electron chi connectivity index (χ0n) is 12.3. The number of Topliss-reactive ketones (excluding diaryl/α,β-unsaturated/α-hetero) is 1. The highest BCUT2D eigenvalue weighted by molar-refractivity contribution is 6.16. The van der Waals surface area contributed by atoms with Gasteiger partial charge in [0.2, 0.25) is 17.4 Å². The summed E-state index contributed by atoms with van der Waals surface area (Å²) >= 11 is 0. The number of carbonyl (C=O) groups is 4. The molecule has 126 valence electrons. The Hall–Kier alpha value is -1.88. The maximum atomic E-state index is 12.2. The number of nitrogens with zero attached hydrogens (tertiary/aromatic N) is 1. The number of hydrogen-bond acceptors (Lipinski definition) is 8. The van der Waals surface area contributed by atoms with E-state index in [2.05, 4.69) is 0 Å². The minimum Gasteiger partial charge on any atom is -0.479 e.